The van der Waals surface area contributed by atoms with Crippen LogP contribution < -0.4 is 0 Å². The Balaban J connectivity index is 1.97. The normalized spacial score (nSPS) is 38.3. The van der Waals surface area contributed by atoms with Crippen LogP contribution in [0, 0.1) is 5.92 Å². The van der Waals surface area contributed by atoms with Crippen molar-refractivity contribution in [3.63, 3.8) is 0 Å². The number of carbonyl (C=O) groups is 1. The minimum absolute atomic E-state index is 0.121. The third-order valence-corrected chi connectivity index (χ3v) is 6.14. The minimum Gasteiger partial charge on any atom is -0.298 e. The molecule has 4 atom stereocenters. The second kappa shape index (κ2) is 5.44. The fourth-order valence-electron chi connectivity index (χ4n) is 3.02. The largest absolute Gasteiger partial charge is 0.298 e. The molecule has 0 spiro atoms. The lowest BCUT2D eigenvalue weighted by atomic mass is 9.90. The molecule has 3 heteroatoms. The molecule has 2 fully saturated rings. The van der Waals surface area contributed by atoms with Gasteiger partial charge in [0.2, 0.25) is 0 Å². The molecular weight excluding hydrogens is 220 g/mol. The second-order valence-corrected chi connectivity index (χ2v) is 7.32. The molecule has 2 nitrogen and oxygen atoms in total. The molecule has 0 bridgehead atoms. The number of Topliss-reactive ketones (excluding diaryl/α,β-unsaturated/α-hetero) is 1. The molecule has 0 aromatic rings. The van der Waals surface area contributed by atoms with Gasteiger partial charge in [-0.3, -0.25) is 9.00 Å². The summed E-state index contributed by atoms with van der Waals surface area (Å²) in [6.45, 7) is 2.24. The van der Waals surface area contributed by atoms with Crippen LogP contribution >= 0.6 is 0 Å². The van der Waals surface area contributed by atoms with Crippen molar-refractivity contribution in [3.05, 3.63) is 0 Å². The zero-order valence-electron chi connectivity index (χ0n) is 10.1. The lowest BCUT2D eigenvalue weighted by Crippen LogP contribution is -2.36. The van der Waals surface area contributed by atoms with E-state index in [0.717, 1.165) is 32.1 Å². The summed E-state index contributed by atoms with van der Waals surface area (Å²) in [6, 6.07) is 0. The Labute approximate surface area is 101 Å². The number of hydrogen-bond donors (Lipinski definition) is 0. The van der Waals surface area contributed by atoms with E-state index >= 15 is 0 Å². The monoisotopic (exact) mass is 242 g/mol. The number of hydrogen-bond acceptors (Lipinski definition) is 2. The van der Waals surface area contributed by atoms with E-state index in [1.165, 1.54) is 12.8 Å². The van der Waals surface area contributed by atoms with Gasteiger partial charge in [-0.2, -0.15) is 0 Å². The van der Waals surface area contributed by atoms with E-state index in [0.29, 0.717) is 17.6 Å². The highest BCUT2D eigenvalue weighted by Crippen LogP contribution is 2.31. The first-order valence-electron chi connectivity index (χ1n) is 6.60. The topological polar surface area (TPSA) is 34.1 Å². The molecule has 0 radical (unpaired) electrons. The molecule has 92 valence electrons. The Hall–Kier alpha value is -0.180. The first kappa shape index (κ1) is 12.3. The summed E-state index contributed by atoms with van der Waals surface area (Å²) < 4.78 is 12.4. The molecule has 0 N–H and O–H groups in total. The summed E-state index contributed by atoms with van der Waals surface area (Å²) in [5.74, 6) is 0.962. The second-order valence-electron chi connectivity index (χ2n) is 5.42. The summed E-state index contributed by atoms with van der Waals surface area (Å²) in [6.07, 6.45) is 8.23. The lowest BCUT2D eigenvalue weighted by molar-refractivity contribution is -0.119. The van der Waals surface area contributed by atoms with Crippen LogP contribution in [0.15, 0.2) is 0 Å². The number of carbonyl (C=O) groups excluding carboxylic acids is 1. The Morgan fingerprint density at radius 2 is 1.94 bits per heavy atom. The summed E-state index contributed by atoms with van der Waals surface area (Å²) in [4.78, 5) is 11.8. The van der Waals surface area contributed by atoms with Gasteiger partial charge < -0.3 is 0 Å². The standard InChI is InChI=1S/C13H22O2S/c1-10-5-4-6-11(9-10)16(15)13-8-3-2-7-12(13)14/h10-11,13H,2-9H2,1H3. The molecule has 2 aliphatic carbocycles. The first-order chi connectivity index (χ1) is 7.68. The quantitative estimate of drug-likeness (QED) is 0.746. The predicted octanol–water partition coefficient (Wildman–Crippen LogP) is 2.83. The van der Waals surface area contributed by atoms with E-state index in [2.05, 4.69) is 6.92 Å². The van der Waals surface area contributed by atoms with Crippen LogP contribution in [0.1, 0.15) is 58.3 Å². The van der Waals surface area contributed by atoms with Gasteiger partial charge in [0.1, 0.15) is 5.78 Å². The average molecular weight is 242 g/mol. The maximum Gasteiger partial charge on any atom is 0.148 e. The minimum atomic E-state index is -0.893. The van der Waals surface area contributed by atoms with Crippen LogP contribution in [0.5, 0.6) is 0 Å². The molecule has 4 unspecified atom stereocenters. The number of rotatable bonds is 2. The number of ketones is 1. The molecule has 16 heavy (non-hydrogen) atoms. The predicted molar refractivity (Wildman–Crippen MR) is 66.8 cm³/mol. The third kappa shape index (κ3) is 2.73. The molecule has 2 aliphatic rings. The van der Waals surface area contributed by atoms with Gasteiger partial charge in [-0.05, 0) is 31.6 Å². The van der Waals surface area contributed by atoms with Crippen molar-refractivity contribution in [2.75, 3.05) is 0 Å². The van der Waals surface area contributed by atoms with Crippen LogP contribution in [0.25, 0.3) is 0 Å². The Morgan fingerprint density at radius 1 is 1.12 bits per heavy atom. The van der Waals surface area contributed by atoms with Crippen LogP contribution in [-0.2, 0) is 15.6 Å². The van der Waals surface area contributed by atoms with Gasteiger partial charge in [0.05, 0.1) is 5.25 Å². The molecule has 2 saturated carbocycles. The fourth-order valence-corrected chi connectivity index (χ4v) is 5.18. The summed E-state index contributed by atoms with van der Waals surface area (Å²) in [5, 5.41) is 0.180. The van der Waals surface area contributed by atoms with Crippen LogP contribution in [0.4, 0.5) is 0 Å². The summed E-state index contributed by atoms with van der Waals surface area (Å²) >= 11 is 0. The van der Waals surface area contributed by atoms with Crippen molar-refractivity contribution in [2.45, 2.75) is 68.8 Å². The lowest BCUT2D eigenvalue weighted by Gasteiger charge is -2.30. The zero-order chi connectivity index (χ0) is 11.5. The fraction of sp³-hybridized carbons (Fsp3) is 0.923. The van der Waals surface area contributed by atoms with E-state index in [1.807, 2.05) is 0 Å². The highest BCUT2D eigenvalue weighted by molar-refractivity contribution is 7.87. The Morgan fingerprint density at radius 3 is 2.62 bits per heavy atom. The van der Waals surface area contributed by atoms with Gasteiger partial charge in [-0.25, -0.2) is 0 Å². The van der Waals surface area contributed by atoms with Gasteiger partial charge >= 0.3 is 0 Å². The smallest absolute Gasteiger partial charge is 0.148 e. The zero-order valence-corrected chi connectivity index (χ0v) is 10.9. The molecule has 0 aromatic carbocycles. The molecular formula is C13H22O2S. The maximum atomic E-state index is 12.4. The molecule has 0 saturated heterocycles. The van der Waals surface area contributed by atoms with Gasteiger partial charge in [-0.15, -0.1) is 0 Å². The summed E-state index contributed by atoms with van der Waals surface area (Å²) in [7, 11) is -0.893. The van der Waals surface area contributed by atoms with Crippen molar-refractivity contribution < 1.29 is 9.00 Å². The highest BCUT2D eigenvalue weighted by Gasteiger charge is 2.34. The first-order valence-corrected chi connectivity index (χ1v) is 7.88. The van der Waals surface area contributed by atoms with Gasteiger partial charge in [0, 0.05) is 22.5 Å². The van der Waals surface area contributed by atoms with Crippen molar-refractivity contribution >= 4 is 16.6 Å². The van der Waals surface area contributed by atoms with Crippen LogP contribution in [0.2, 0.25) is 0 Å². The van der Waals surface area contributed by atoms with Crippen LogP contribution in [0.3, 0.4) is 0 Å². The molecule has 0 aliphatic heterocycles. The van der Waals surface area contributed by atoms with Gasteiger partial charge in [-0.1, -0.05) is 26.2 Å². The van der Waals surface area contributed by atoms with E-state index < -0.39 is 10.8 Å². The Bertz CT molecular complexity index is 288. The van der Waals surface area contributed by atoms with E-state index in [9.17, 15) is 9.00 Å². The molecule has 0 amide bonds. The van der Waals surface area contributed by atoms with E-state index in [4.69, 9.17) is 0 Å². The van der Waals surface area contributed by atoms with Gasteiger partial charge in [0.15, 0.2) is 0 Å². The third-order valence-electron chi connectivity index (χ3n) is 4.00. The highest BCUT2D eigenvalue weighted by atomic mass is 32.2. The van der Waals surface area contributed by atoms with Crippen molar-refractivity contribution in [1.82, 2.24) is 0 Å². The Kier molecular flexibility index (Phi) is 4.17. The van der Waals surface area contributed by atoms with Crippen molar-refractivity contribution in [1.29, 1.82) is 0 Å². The molecule has 0 heterocycles. The van der Waals surface area contributed by atoms with Crippen molar-refractivity contribution in [2.24, 2.45) is 5.92 Å². The summed E-state index contributed by atoms with van der Waals surface area (Å²) in [5.41, 5.74) is 0. The van der Waals surface area contributed by atoms with Gasteiger partial charge in [0.25, 0.3) is 0 Å². The SMILES string of the molecule is CC1CCCC(S(=O)C2CCCCC2=O)C1. The van der Waals surface area contributed by atoms with E-state index in [1.54, 1.807) is 0 Å². The molecule has 2 rings (SSSR count). The van der Waals surface area contributed by atoms with Crippen molar-refractivity contribution in [3.8, 4) is 0 Å². The van der Waals surface area contributed by atoms with Crippen LogP contribution in [-0.4, -0.2) is 20.5 Å². The maximum absolute atomic E-state index is 12.4. The molecule has 0 aromatic heterocycles. The van der Waals surface area contributed by atoms with E-state index in [-0.39, 0.29) is 11.0 Å². The average Bonchev–Trinajstić information content (AvgIpc) is 2.29.